The van der Waals surface area contributed by atoms with Crippen LogP contribution in [0.1, 0.15) is 41.5 Å². The highest BCUT2D eigenvalue weighted by atomic mass is 16.6. The topological polar surface area (TPSA) is 64.3 Å². The second-order valence-corrected chi connectivity index (χ2v) is 1.60. The maximum atomic E-state index is 10.2. The van der Waals surface area contributed by atoms with Crippen LogP contribution in [0, 0.1) is 0 Å². The number of amides is 1. The van der Waals surface area contributed by atoms with Crippen molar-refractivity contribution in [3.63, 3.8) is 0 Å². The summed E-state index contributed by atoms with van der Waals surface area (Å²) in [7, 11) is 0. The fraction of sp³-hybridized carbons (Fsp3) is 0.875. The maximum Gasteiger partial charge on any atom is 0.421 e. The summed E-state index contributed by atoms with van der Waals surface area (Å²) in [6.45, 7) is 11.5. The van der Waals surface area contributed by atoms with E-state index in [2.05, 4.69) is 4.74 Å². The number of ether oxygens (including phenoxy) is 1. The van der Waals surface area contributed by atoms with Crippen LogP contribution in [0.25, 0.3) is 0 Å². The van der Waals surface area contributed by atoms with Crippen LogP contribution >= 0.6 is 0 Å². The van der Waals surface area contributed by atoms with Gasteiger partial charge in [-0.3, -0.25) is 5.43 Å². The van der Waals surface area contributed by atoms with E-state index >= 15 is 0 Å². The first-order valence-electron chi connectivity index (χ1n) is 4.34. The van der Waals surface area contributed by atoms with Crippen LogP contribution in [0.15, 0.2) is 0 Å². The lowest BCUT2D eigenvalue weighted by molar-refractivity contribution is 0.116. The van der Waals surface area contributed by atoms with Crippen molar-refractivity contribution in [1.82, 2.24) is 5.43 Å². The monoisotopic (exact) mass is 178 g/mol. The molecule has 0 rings (SSSR count). The van der Waals surface area contributed by atoms with Gasteiger partial charge in [-0.1, -0.05) is 27.7 Å². The number of nitrogens with two attached hydrogens (primary N) is 1. The van der Waals surface area contributed by atoms with E-state index in [1.807, 2.05) is 33.1 Å². The zero-order valence-electron chi connectivity index (χ0n) is 8.97. The lowest BCUT2D eigenvalue weighted by Gasteiger charge is -2.04. The molecule has 0 radical (unpaired) electrons. The molecule has 0 atom stereocenters. The van der Waals surface area contributed by atoms with Gasteiger partial charge in [0, 0.05) is 0 Å². The van der Waals surface area contributed by atoms with Crippen LogP contribution in [0.3, 0.4) is 0 Å². The second-order valence-electron chi connectivity index (χ2n) is 1.60. The van der Waals surface area contributed by atoms with Gasteiger partial charge in [-0.05, 0) is 13.8 Å². The average Bonchev–Trinajstić information content (AvgIpc) is 2.10. The first-order valence-corrected chi connectivity index (χ1v) is 4.34. The molecule has 1 amide bonds. The number of hydrazine groups is 1. The Morgan fingerprint density at radius 2 is 1.58 bits per heavy atom. The molecule has 0 saturated heterocycles. The Labute approximate surface area is 75.4 Å². The molecule has 0 spiro atoms. The predicted molar refractivity (Wildman–Crippen MR) is 51.6 cm³/mol. The summed E-state index contributed by atoms with van der Waals surface area (Å²) in [4.78, 5) is 10.2. The molecule has 0 aromatic rings. The molecular weight excluding hydrogens is 156 g/mol. The zero-order chi connectivity index (χ0) is 10.6. The van der Waals surface area contributed by atoms with Gasteiger partial charge in [0.15, 0.2) is 0 Å². The molecule has 4 nitrogen and oxygen atoms in total. The highest BCUT2D eigenvalue weighted by Crippen LogP contribution is 1.85. The van der Waals surface area contributed by atoms with Crippen molar-refractivity contribution in [2.45, 2.75) is 47.6 Å². The molecule has 0 unspecified atom stereocenters. The molecule has 0 aromatic carbocycles. The van der Waals surface area contributed by atoms with Crippen molar-refractivity contribution in [2.24, 2.45) is 5.84 Å². The normalized spacial score (nSPS) is 7.00. The second kappa shape index (κ2) is 16.7. The summed E-state index contributed by atoms with van der Waals surface area (Å²) in [5.41, 5.74) is 1.84. The van der Waals surface area contributed by atoms with Gasteiger partial charge in [0.05, 0.1) is 6.10 Å². The minimum atomic E-state index is -0.597. The van der Waals surface area contributed by atoms with Crippen LogP contribution < -0.4 is 11.3 Å². The number of hydrogen-bond acceptors (Lipinski definition) is 3. The fourth-order valence-corrected chi connectivity index (χ4v) is 0.248. The summed E-state index contributed by atoms with van der Waals surface area (Å²) in [6.07, 6.45) is -0.710. The molecule has 0 aliphatic rings. The number of carbonyl (C=O) groups excluding carboxylic acids is 1. The lowest BCUT2D eigenvalue weighted by atomic mass is 10.5. The van der Waals surface area contributed by atoms with Crippen molar-refractivity contribution in [3.8, 4) is 0 Å². The third-order valence-electron chi connectivity index (χ3n) is 0.461. The summed E-state index contributed by atoms with van der Waals surface area (Å²) >= 11 is 0. The molecule has 0 fully saturated rings. The van der Waals surface area contributed by atoms with Gasteiger partial charge >= 0.3 is 6.09 Å². The van der Waals surface area contributed by atoms with E-state index in [0.717, 1.165) is 0 Å². The predicted octanol–water partition coefficient (Wildman–Crippen LogP) is 2.05. The number of nitrogens with one attached hydrogen (secondary N) is 1. The first kappa shape index (κ1) is 17.4. The van der Waals surface area contributed by atoms with Crippen molar-refractivity contribution >= 4 is 6.09 Å². The zero-order valence-corrected chi connectivity index (χ0v) is 8.97. The third-order valence-corrected chi connectivity index (χ3v) is 0.461. The Morgan fingerprint density at radius 1 is 1.25 bits per heavy atom. The van der Waals surface area contributed by atoms with Gasteiger partial charge in [0.1, 0.15) is 0 Å². The summed E-state index contributed by atoms with van der Waals surface area (Å²) in [6, 6.07) is 0. The molecule has 0 heterocycles. The van der Waals surface area contributed by atoms with Crippen LogP contribution in [0.5, 0.6) is 0 Å². The van der Waals surface area contributed by atoms with Gasteiger partial charge in [0.25, 0.3) is 0 Å². The molecule has 0 aromatic heterocycles. The van der Waals surface area contributed by atoms with E-state index in [-0.39, 0.29) is 6.10 Å². The van der Waals surface area contributed by atoms with E-state index < -0.39 is 6.09 Å². The van der Waals surface area contributed by atoms with Crippen LogP contribution in [0.4, 0.5) is 4.79 Å². The molecule has 4 heteroatoms. The van der Waals surface area contributed by atoms with E-state index in [1.54, 1.807) is 13.8 Å². The average molecular weight is 178 g/mol. The first-order chi connectivity index (χ1) is 5.66. The fourth-order valence-electron chi connectivity index (χ4n) is 0.248. The van der Waals surface area contributed by atoms with Crippen molar-refractivity contribution < 1.29 is 9.53 Å². The van der Waals surface area contributed by atoms with E-state index in [0.29, 0.717) is 0 Å². The summed E-state index contributed by atoms with van der Waals surface area (Å²) in [5.74, 6) is 4.70. The molecule has 12 heavy (non-hydrogen) atoms. The quantitative estimate of drug-likeness (QED) is 0.367. The standard InChI is InChI=1S/C4H10N2O2.2C2H6/c1-3(2)8-4(7)6-5;2*1-2/h3H,5H2,1-2H3,(H,6,7);2*1-2H3. The van der Waals surface area contributed by atoms with Crippen LogP contribution in [0.2, 0.25) is 0 Å². The number of carbonyl (C=O) groups is 1. The Hall–Kier alpha value is -0.770. The summed E-state index contributed by atoms with van der Waals surface area (Å²) < 4.78 is 4.52. The van der Waals surface area contributed by atoms with Crippen molar-refractivity contribution in [2.75, 3.05) is 0 Å². The molecule has 0 saturated carbocycles. The molecule has 0 aliphatic carbocycles. The van der Waals surface area contributed by atoms with Crippen molar-refractivity contribution in [3.05, 3.63) is 0 Å². The Balaban J connectivity index is -0.000000175. The lowest BCUT2D eigenvalue weighted by Crippen LogP contribution is -2.32. The number of rotatable bonds is 1. The van der Waals surface area contributed by atoms with Gasteiger partial charge in [-0.15, -0.1) is 0 Å². The van der Waals surface area contributed by atoms with Gasteiger partial charge in [-0.2, -0.15) is 0 Å². The minimum absolute atomic E-state index is 0.112. The highest BCUT2D eigenvalue weighted by molar-refractivity contribution is 5.66. The Kier molecular flexibility index (Phi) is 24.1. The maximum absolute atomic E-state index is 10.2. The third kappa shape index (κ3) is 22.9. The molecule has 0 aliphatic heterocycles. The summed E-state index contributed by atoms with van der Waals surface area (Å²) in [5, 5.41) is 0. The van der Waals surface area contributed by atoms with Crippen LogP contribution in [-0.4, -0.2) is 12.2 Å². The van der Waals surface area contributed by atoms with E-state index in [4.69, 9.17) is 5.84 Å². The Bertz CT molecular complexity index is 85.1. The highest BCUT2D eigenvalue weighted by Gasteiger charge is 1.98. The smallest absolute Gasteiger partial charge is 0.421 e. The van der Waals surface area contributed by atoms with E-state index in [9.17, 15) is 4.79 Å². The molecule has 0 bridgehead atoms. The number of hydrogen-bond donors (Lipinski definition) is 2. The van der Waals surface area contributed by atoms with Crippen LogP contribution in [-0.2, 0) is 4.74 Å². The van der Waals surface area contributed by atoms with E-state index in [1.165, 1.54) is 0 Å². The van der Waals surface area contributed by atoms with Gasteiger partial charge < -0.3 is 4.74 Å². The largest absolute Gasteiger partial charge is 0.446 e. The minimum Gasteiger partial charge on any atom is -0.446 e. The van der Waals surface area contributed by atoms with Gasteiger partial charge in [0.2, 0.25) is 0 Å². The molecule has 3 N–H and O–H groups in total. The Morgan fingerprint density at radius 3 is 1.67 bits per heavy atom. The molecule has 76 valence electrons. The molecular formula is C8H22N2O2. The van der Waals surface area contributed by atoms with Gasteiger partial charge in [-0.25, -0.2) is 10.6 Å². The van der Waals surface area contributed by atoms with Crippen molar-refractivity contribution in [1.29, 1.82) is 0 Å². The SMILES string of the molecule is CC.CC.CC(C)OC(=O)NN.